The van der Waals surface area contributed by atoms with Crippen LogP contribution in [0.15, 0.2) is 119 Å². The van der Waals surface area contributed by atoms with E-state index in [1.165, 1.54) is 35.4 Å². The molecule has 0 aliphatic rings. The lowest BCUT2D eigenvalue weighted by atomic mass is 10.1. The molecule has 226 valence electrons. The molecule has 4 aromatic carbocycles. The summed E-state index contributed by atoms with van der Waals surface area (Å²) in [5, 5.41) is 0. The lowest BCUT2D eigenvalue weighted by Crippen LogP contribution is -2.56. The fraction of sp³-hybridized carbons (Fsp3) is 0.0714. The van der Waals surface area contributed by atoms with Crippen molar-refractivity contribution in [1.29, 1.82) is 0 Å². The second kappa shape index (κ2) is 13.1. The number of carbonyl (C=O) groups excluding carboxylic acids is 2. The molecule has 0 unspecified atom stereocenters. The predicted octanol–water partition coefficient (Wildman–Crippen LogP) is 3.74. The van der Waals surface area contributed by atoms with E-state index in [1.807, 2.05) is 12.1 Å². The molecule has 12 nitrogen and oxygen atoms in total. The Balaban J connectivity index is 0.000000347. The summed E-state index contributed by atoms with van der Waals surface area (Å²) in [5.74, 6) is 0. The Morgan fingerprint density at radius 1 is 0.488 bits per heavy atom. The van der Waals surface area contributed by atoms with Crippen molar-refractivity contribution in [2.45, 2.75) is 23.6 Å². The van der Waals surface area contributed by atoms with Crippen LogP contribution in [0, 0.1) is 13.8 Å². The Bertz CT molecular complexity index is 1780. The van der Waals surface area contributed by atoms with E-state index < -0.39 is 59.5 Å². The number of rotatable bonds is 7. The highest BCUT2D eigenvalue weighted by molar-refractivity contribution is 8.10. The normalized spacial score (nSPS) is 11.5. The van der Waals surface area contributed by atoms with Gasteiger partial charge in [-0.3, -0.25) is 0 Å². The summed E-state index contributed by atoms with van der Waals surface area (Å²) in [7, 11) is -16.4. The summed E-state index contributed by atoms with van der Waals surface area (Å²) in [4.78, 5) is 22.4. The molecular formula is C28H28N4O8S3. The molecule has 4 N–H and O–H groups in total. The predicted molar refractivity (Wildman–Crippen MR) is 160 cm³/mol. The first-order chi connectivity index (χ1) is 20.1. The average Bonchev–Trinajstić information content (AvgIpc) is 2.93. The Kier molecular flexibility index (Phi) is 9.96. The Morgan fingerprint density at radius 3 is 1.02 bits per heavy atom. The third kappa shape index (κ3) is 7.38. The summed E-state index contributed by atoms with van der Waals surface area (Å²) in [6, 6.07) is 25.7. The molecule has 0 heterocycles. The Hall–Kier alpha value is -4.73. The minimum absolute atomic E-state index is 0.605. The Labute approximate surface area is 250 Å². The van der Waals surface area contributed by atoms with Crippen molar-refractivity contribution in [1.82, 2.24) is 7.42 Å². The van der Waals surface area contributed by atoms with Crippen LogP contribution in [-0.4, -0.2) is 44.7 Å². The van der Waals surface area contributed by atoms with Crippen LogP contribution >= 0.6 is 0 Å². The van der Waals surface area contributed by atoms with Crippen LogP contribution < -0.4 is 11.5 Å². The van der Waals surface area contributed by atoms with Gasteiger partial charge in [-0.2, -0.15) is 25.3 Å². The van der Waals surface area contributed by atoms with Crippen molar-refractivity contribution in [3.63, 3.8) is 0 Å². The summed E-state index contributed by atoms with van der Waals surface area (Å²) < 4.78 is 75.5. The lowest BCUT2D eigenvalue weighted by Gasteiger charge is -2.26. The molecule has 0 aliphatic carbocycles. The highest BCUT2D eigenvalue weighted by atomic mass is 32.3. The molecule has 0 radical (unpaired) electrons. The molecule has 0 aromatic heterocycles. The fourth-order valence-electron chi connectivity index (χ4n) is 3.65. The second-order valence-corrected chi connectivity index (χ2v) is 14.6. The number of nitrogens with two attached hydrogens (primary N) is 2. The molecule has 4 rings (SSSR count). The van der Waals surface area contributed by atoms with E-state index in [9.17, 15) is 34.8 Å². The van der Waals surface area contributed by atoms with Gasteiger partial charge in [-0.05, 0) is 49.2 Å². The molecule has 4 amide bonds. The molecule has 0 bridgehead atoms. The molecule has 0 atom stereocenters. The number of hydrogen-bond donors (Lipinski definition) is 2. The van der Waals surface area contributed by atoms with Crippen LogP contribution in [0.5, 0.6) is 0 Å². The van der Waals surface area contributed by atoms with Crippen molar-refractivity contribution < 1.29 is 34.8 Å². The molecule has 0 saturated carbocycles. The van der Waals surface area contributed by atoms with Crippen molar-refractivity contribution in [3.8, 4) is 11.1 Å². The smallest absolute Gasteiger partial charge is 0.350 e. The van der Waals surface area contributed by atoms with Crippen molar-refractivity contribution in [2.24, 2.45) is 11.5 Å². The van der Waals surface area contributed by atoms with Gasteiger partial charge in [-0.15, -0.1) is 0 Å². The molecule has 0 fully saturated rings. The van der Waals surface area contributed by atoms with Gasteiger partial charge in [0.2, 0.25) is 0 Å². The molecular weight excluding hydrogens is 617 g/mol. The zero-order chi connectivity index (χ0) is 32.0. The minimum atomic E-state index is -5.95. The average molecular weight is 645 g/mol. The van der Waals surface area contributed by atoms with Crippen LogP contribution in [0.25, 0.3) is 11.1 Å². The van der Waals surface area contributed by atoms with Gasteiger partial charge in [-0.1, -0.05) is 103 Å². The number of urea groups is 2. The molecule has 0 aliphatic heterocycles. The fourth-order valence-corrected chi connectivity index (χ4v) is 9.09. The first-order valence-electron chi connectivity index (χ1n) is 12.3. The SMILES string of the molecule is Cc1ccc(S(=O)(=O)N(C(N)=O)S(=O)(=O)N(C(N)=O)S(=O)(=O)c2ccc(C)cc2)cc1.c1ccc(-c2ccccc2)cc1. The number of nitrogens with zero attached hydrogens (tertiary/aromatic N) is 2. The number of aryl methyl sites for hydroxylation is 2. The van der Waals surface area contributed by atoms with E-state index in [2.05, 4.69) is 48.5 Å². The lowest BCUT2D eigenvalue weighted by molar-refractivity contribution is 0.239. The Morgan fingerprint density at radius 2 is 0.767 bits per heavy atom. The number of primary amides is 2. The first-order valence-corrected chi connectivity index (χ1v) is 16.6. The number of sulfonamides is 2. The monoisotopic (exact) mass is 644 g/mol. The maximum Gasteiger partial charge on any atom is 0.361 e. The van der Waals surface area contributed by atoms with Crippen LogP contribution in [0.4, 0.5) is 9.59 Å². The van der Waals surface area contributed by atoms with Gasteiger partial charge >= 0.3 is 22.3 Å². The maximum atomic E-state index is 13.0. The topological polar surface area (TPSA) is 195 Å². The van der Waals surface area contributed by atoms with Gasteiger partial charge in [-0.25, -0.2) is 9.59 Å². The van der Waals surface area contributed by atoms with E-state index in [-0.39, 0.29) is 0 Å². The van der Waals surface area contributed by atoms with E-state index in [0.717, 1.165) is 24.3 Å². The molecule has 0 spiro atoms. The summed E-state index contributed by atoms with van der Waals surface area (Å²) in [6.45, 7) is 3.23. The zero-order valence-electron chi connectivity index (χ0n) is 22.9. The highest BCUT2D eigenvalue weighted by Crippen LogP contribution is 2.27. The van der Waals surface area contributed by atoms with Crippen molar-refractivity contribution in [2.75, 3.05) is 0 Å². The summed E-state index contributed by atoms with van der Waals surface area (Å²) >= 11 is 0. The first kappa shape index (κ1) is 32.8. The van der Waals surface area contributed by atoms with Gasteiger partial charge in [0.05, 0.1) is 9.79 Å². The van der Waals surface area contributed by atoms with Gasteiger partial charge < -0.3 is 11.5 Å². The maximum absolute atomic E-state index is 13.0. The van der Waals surface area contributed by atoms with E-state index >= 15 is 0 Å². The van der Waals surface area contributed by atoms with E-state index in [4.69, 9.17) is 11.5 Å². The minimum Gasteiger partial charge on any atom is -0.350 e. The molecule has 43 heavy (non-hydrogen) atoms. The highest BCUT2D eigenvalue weighted by Gasteiger charge is 2.49. The standard InChI is InChI=1S/C16H18N4O8S3.C12H10/c1-11-3-7-13(8-4-11)29(23,24)19(15(17)21)31(27,28)20(16(18)22)30(25,26)14-9-5-12(2)6-10-14;1-3-7-11(8-4-1)12-9-5-2-6-10-12/h3-10H,1-2H3,(H2,17,21)(H2,18,22);1-10H. The number of hydrogen-bond acceptors (Lipinski definition) is 8. The molecule has 4 aromatic rings. The summed E-state index contributed by atoms with van der Waals surface area (Å²) in [5.41, 5.74) is 13.7. The van der Waals surface area contributed by atoms with Gasteiger partial charge in [0.1, 0.15) is 0 Å². The van der Waals surface area contributed by atoms with Crippen LogP contribution in [0.3, 0.4) is 0 Å². The molecule has 0 saturated heterocycles. The third-order valence-corrected chi connectivity index (χ3v) is 12.2. The van der Waals surface area contributed by atoms with Crippen LogP contribution in [-0.2, 0) is 30.3 Å². The number of benzene rings is 4. The second-order valence-electron chi connectivity index (χ2n) is 8.95. The van der Waals surface area contributed by atoms with Gasteiger partial charge in [0.15, 0.2) is 0 Å². The molecule has 15 heteroatoms. The van der Waals surface area contributed by atoms with E-state index in [1.54, 1.807) is 13.8 Å². The van der Waals surface area contributed by atoms with Crippen LogP contribution in [0.1, 0.15) is 11.1 Å². The van der Waals surface area contributed by atoms with Gasteiger partial charge in [0, 0.05) is 0 Å². The van der Waals surface area contributed by atoms with E-state index in [0.29, 0.717) is 11.1 Å². The van der Waals surface area contributed by atoms with Crippen molar-refractivity contribution in [3.05, 3.63) is 120 Å². The zero-order valence-corrected chi connectivity index (χ0v) is 25.4. The quantitative estimate of drug-likeness (QED) is 0.303. The summed E-state index contributed by atoms with van der Waals surface area (Å²) in [6.07, 6.45) is 0. The van der Waals surface area contributed by atoms with Crippen molar-refractivity contribution >= 4 is 42.3 Å². The van der Waals surface area contributed by atoms with Crippen LogP contribution in [0.2, 0.25) is 0 Å². The number of amides is 4. The number of carbonyl (C=O) groups is 2. The largest absolute Gasteiger partial charge is 0.361 e. The third-order valence-electron chi connectivity index (χ3n) is 5.73. The van der Waals surface area contributed by atoms with Gasteiger partial charge in [0.25, 0.3) is 20.0 Å².